The van der Waals surface area contributed by atoms with E-state index in [1.807, 2.05) is 56.3 Å². The van der Waals surface area contributed by atoms with Gasteiger partial charge in [-0.15, -0.1) is 11.8 Å². The number of benzene rings is 3. The number of aromatic nitrogens is 2. The molecule has 0 saturated heterocycles. The standard InChI is InChI=1S/C29H27N5O3S3/c1-3-38-29-33-28(40-34-29)32-25(35)18-39-23-15-13-22(14-16-23)30-27(37)24(17-20-11-9-19(2)10-12-20)31-26(36)21-7-5-4-6-8-21/h4-17H,3,18H2,1-2H3,(H,30,37)(H,31,36)(H,32,33,34,35)/b24-17-. The maximum absolute atomic E-state index is 13.2. The largest absolute Gasteiger partial charge is 0.321 e. The van der Waals surface area contributed by atoms with E-state index in [2.05, 4.69) is 25.3 Å². The van der Waals surface area contributed by atoms with Gasteiger partial charge in [-0.05, 0) is 60.7 Å². The van der Waals surface area contributed by atoms with E-state index in [4.69, 9.17) is 0 Å². The summed E-state index contributed by atoms with van der Waals surface area (Å²) in [5, 5.41) is 9.48. The van der Waals surface area contributed by atoms with Crippen LogP contribution in [0.4, 0.5) is 10.8 Å². The summed E-state index contributed by atoms with van der Waals surface area (Å²) in [6.07, 6.45) is 1.64. The Balaban J connectivity index is 1.37. The number of carbonyl (C=O) groups excluding carboxylic acids is 3. The Kier molecular flexibility index (Phi) is 10.5. The van der Waals surface area contributed by atoms with E-state index in [-0.39, 0.29) is 23.3 Å². The fourth-order valence-electron chi connectivity index (χ4n) is 3.36. The minimum Gasteiger partial charge on any atom is -0.321 e. The smallest absolute Gasteiger partial charge is 0.272 e. The molecule has 0 saturated carbocycles. The van der Waals surface area contributed by atoms with Crippen LogP contribution in [0.2, 0.25) is 0 Å². The van der Waals surface area contributed by atoms with Gasteiger partial charge in [-0.1, -0.05) is 66.7 Å². The van der Waals surface area contributed by atoms with Crippen molar-refractivity contribution in [3.8, 4) is 0 Å². The fourth-order valence-corrected chi connectivity index (χ4v) is 5.34. The first-order chi connectivity index (χ1) is 19.4. The lowest BCUT2D eigenvalue weighted by Gasteiger charge is -2.12. The Morgan fingerprint density at radius 1 is 0.900 bits per heavy atom. The number of carbonyl (C=O) groups is 3. The zero-order valence-electron chi connectivity index (χ0n) is 21.8. The van der Waals surface area contributed by atoms with Crippen LogP contribution in [-0.2, 0) is 9.59 Å². The van der Waals surface area contributed by atoms with Gasteiger partial charge in [-0.25, -0.2) is 0 Å². The third kappa shape index (κ3) is 8.80. The van der Waals surface area contributed by atoms with Crippen molar-refractivity contribution in [3.05, 3.63) is 101 Å². The average Bonchev–Trinajstić information content (AvgIpc) is 3.40. The number of thioether (sulfide) groups is 2. The van der Waals surface area contributed by atoms with E-state index in [1.165, 1.54) is 23.5 Å². The molecule has 3 aromatic carbocycles. The molecular formula is C29H27N5O3S3. The summed E-state index contributed by atoms with van der Waals surface area (Å²) < 4.78 is 4.19. The molecule has 8 nitrogen and oxygen atoms in total. The minimum absolute atomic E-state index is 0.116. The highest BCUT2D eigenvalue weighted by atomic mass is 32.2. The number of nitrogens with one attached hydrogen (secondary N) is 3. The summed E-state index contributed by atoms with van der Waals surface area (Å²) in [6.45, 7) is 4.00. The van der Waals surface area contributed by atoms with Crippen LogP contribution >= 0.6 is 35.1 Å². The monoisotopic (exact) mass is 589 g/mol. The molecule has 204 valence electrons. The Morgan fingerprint density at radius 2 is 1.62 bits per heavy atom. The molecule has 0 aliphatic heterocycles. The Bertz CT molecular complexity index is 1490. The van der Waals surface area contributed by atoms with Crippen LogP contribution in [0, 0.1) is 6.92 Å². The van der Waals surface area contributed by atoms with Crippen molar-refractivity contribution in [2.75, 3.05) is 22.1 Å². The van der Waals surface area contributed by atoms with Crippen LogP contribution in [0.1, 0.15) is 28.4 Å². The molecule has 0 fully saturated rings. The minimum atomic E-state index is -0.456. The van der Waals surface area contributed by atoms with Gasteiger partial charge in [0.05, 0.1) is 5.75 Å². The molecule has 0 aliphatic rings. The fraction of sp³-hybridized carbons (Fsp3) is 0.138. The normalized spacial score (nSPS) is 11.1. The van der Waals surface area contributed by atoms with Gasteiger partial charge < -0.3 is 10.6 Å². The molecule has 0 bridgehead atoms. The SMILES string of the molecule is CCSc1nsc(NC(=O)CSc2ccc(NC(=O)/C(=C/c3ccc(C)cc3)NC(=O)c3ccccc3)cc2)n1. The molecule has 0 unspecified atom stereocenters. The molecule has 0 aliphatic carbocycles. The van der Waals surface area contributed by atoms with Gasteiger partial charge >= 0.3 is 0 Å². The topological polar surface area (TPSA) is 113 Å². The summed E-state index contributed by atoms with van der Waals surface area (Å²) >= 11 is 4.04. The van der Waals surface area contributed by atoms with Crippen molar-refractivity contribution in [1.82, 2.24) is 14.7 Å². The highest BCUT2D eigenvalue weighted by Crippen LogP contribution is 2.23. The summed E-state index contributed by atoms with van der Waals surface area (Å²) in [4.78, 5) is 43.4. The molecule has 0 radical (unpaired) electrons. The maximum Gasteiger partial charge on any atom is 0.272 e. The van der Waals surface area contributed by atoms with Crippen molar-refractivity contribution in [2.24, 2.45) is 0 Å². The first kappa shape index (κ1) is 29.1. The second-order valence-electron chi connectivity index (χ2n) is 8.42. The van der Waals surface area contributed by atoms with E-state index in [0.717, 1.165) is 33.3 Å². The van der Waals surface area contributed by atoms with E-state index in [9.17, 15) is 14.4 Å². The Labute approximate surface area is 245 Å². The van der Waals surface area contributed by atoms with Crippen molar-refractivity contribution in [2.45, 2.75) is 23.9 Å². The van der Waals surface area contributed by atoms with Crippen LogP contribution in [0.5, 0.6) is 0 Å². The molecule has 0 spiro atoms. The van der Waals surface area contributed by atoms with E-state index >= 15 is 0 Å². The van der Waals surface area contributed by atoms with Crippen molar-refractivity contribution < 1.29 is 14.4 Å². The predicted molar refractivity (Wildman–Crippen MR) is 164 cm³/mol. The zero-order valence-corrected chi connectivity index (χ0v) is 24.3. The number of hydrogen-bond acceptors (Lipinski definition) is 8. The van der Waals surface area contributed by atoms with Gasteiger partial charge in [0, 0.05) is 27.7 Å². The molecule has 4 rings (SSSR count). The molecular weight excluding hydrogens is 563 g/mol. The second kappa shape index (κ2) is 14.5. The molecule has 0 atom stereocenters. The van der Waals surface area contributed by atoms with Crippen molar-refractivity contribution >= 4 is 69.7 Å². The first-order valence-corrected chi connectivity index (χ1v) is 15.1. The van der Waals surface area contributed by atoms with Crippen molar-refractivity contribution in [3.63, 3.8) is 0 Å². The molecule has 3 amide bonds. The summed E-state index contributed by atoms with van der Waals surface area (Å²) in [6, 6.07) is 23.5. The number of rotatable bonds is 11. The van der Waals surface area contributed by atoms with E-state index in [1.54, 1.807) is 42.5 Å². The highest BCUT2D eigenvalue weighted by molar-refractivity contribution is 8.00. The van der Waals surface area contributed by atoms with Crippen LogP contribution in [0.3, 0.4) is 0 Å². The quantitative estimate of drug-likeness (QED) is 0.143. The third-order valence-electron chi connectivity index (χ3n) is 5.33. The first-order valence-electron chi connectivity index (χ1n) is 12.3. The maximum atomic E-state index is 13.2. The number of nitrogens with zero attached hydrogens (tertiary/aromatic N) is 2. The summed E-state index contributed by atoms with van der Waals surface area (Å²) in [5.41, 5.74) is 2.99. The molecule has 40 heavy (non-hydrogen) atoms. The van der Waals surface area contributed by atoms with Crippen LogP contribution in [0.25, 0.3) is 6.08 Å². The van der Waals surface area contributed by atoms with Gasteiger partial charge in [-0.2, -0.15) is 9.36 Å². The van der Waals surface area contributed by atoms with E-state index < -0.39 is 5.91 Å². The number of hydrogen-bond donors (Lipinski definition) is 3. The molecule has 4 aromatic rings. The third-order valence-corrected chi connectivity index (χ3v) is 7.81. The van der Waals surface area contributed by atoms with Crippen molar-refractivity contribution in [1.29, 1.82) is 0 Å². The van der Waals surface area contributed by atoms with Gasteiger partial charge in [0.1, 0.15) is 5.70 Å². The summed E-state index contributed by atoms with van der Waals surface area (Å²) in [7, 11) is 0. The Morgan fingerprint density at radius 3 is 2.33 bits per heavy atom. The van der Waals surface area contributed by atoms with Crippen LogP contribution < -0.4 is 16.0 Å². The van der Waals surface area contributed by atoms with Gasteiger partial charge in [0.15, 0.2) is 0 Å². The van der Waals surface area contributed by atoms with Crippen LogP contribution in [0.15, 0.2) is 94.6 Å². The predicted octanol–water partition coefficient (Wildman–Crippen LogP) is 6.10. The zero-order chi connectivity index (χ0) is 28.3. The number of anilines is 2. The second-order valence-corrected chi connectivity index (χ2v) is 11.5. The molecule has 11 heteroatoms. The molecule has 1 aromatic heterocycles. The van der Waals surface area contributed by atoms with Gasteiger partial charge in [0.2, 0.25) is 16.2 Å². The Hall–Kier alpha value is -3.93. The highest BCUT2D eigenvalue weighted by Gasteiger charge is 2.15. The lowest BCUT2D eigenvalue weighted by molar-refractivity contribution is -0.114. The lowest BCUT2D eigenvalue weighted by atomic mass is 10.1. The van der Waals surface area contributed by atoms with Gasteiger partial charge in [0.25, 0.3) is 11.8 Å². The summed E-state index contributed by atoms with van der Waals surface area (Å²) in [5.74, 6) is 0.0569. The van der Waals surface area contributed by atoms with Gasteiger partial charge in [-0.3, -0.25) is 19.7 Å². The molecule has 3 N–H and O–H groups in total. The van der Waals surface area contributed by atoms with Crippen LogP contribution in [-0.4, -0.2) is 38.6 Å². The average molecular weight is 590 g/mol. The number of aryl methyl sites for hydroxylation is 1. The molecule has 1 heterocycles. The van der Waals surface area contributed by atoms with E-state index in [0.29, 0.717) is 21.5 Å². The lowest BCUT2D eigenvalue weighted by Crippen LogP contribution is -2.30. The number of amides is 3.